The normalized spacial score (nSPS) is 12.8. The summed E-state index contributed by atoms with van der Waals surface area (Å²) in [5, 5.41) is 8.91. The molecule has 0 aliphatic carbocycles. The van der Waals surface area contributed by atoms with Crippen molar-refractivity contribution in [1.82, 2.24) is 0 Å². The molecule has 0 saturated heterocycles. The number of hydrogen-bond acceptors (Lipinski definition) is 2. The van der Waals surface area contributed by atoms with Crippen LogP contribution in [0.3, 0.4) is 0 Å². The molecule has 1 amide bonds. The zero-order valence-corrected chi connectivity index (χ0v) is 10.7. The predicted molar refractivity (Wildman–Crippen MR) is 64.1 cm³/mol. The summed E-state index contributed by atoms with van der Waals surface area (Å²) < 4.78 is 52.5. The minimum Gasteiger partial charge on any atom is -0.465 e. The van der Waals surface area contributed by atoms with Gasteiger partial charge in [0.1, 0.15) is 5.75 Å². The fourth-order valence-corrected chi connectivity index (χ4v) is 1.48. The topological polar surface area (TPSA) is 49.8 Å². The lowest BCUT2D eigenvalue weighted by molar-refractivity contribution is -0.236. The Hall–Kier alpha value is -1.70. The molecule has 20 heavy (non-hydrogen) atoms. The van der Waals surface area contributed by atoms with Crippen LogP contribution in [0.25, 0.3) is 0 Å². The van der Waals surface area contributed by atoms with Crippen LogP contribution in [-0.4, -0.2) is 36.2 Å². The summed E-state index contributed by atoms with van der Waals surface area (Å²) in [5.41, 5.74) is 0.188. The van der Waals surface area contributed by atoms with Gasteiger partial charge in [-0.3, -0.25) is 4.90 Å². The van der Waals surface area contributed by atoms with Gasteiger partial charge in [-0.15, -0.1) is 11.6 Å². The fourth-order valence-electron chi connectivity index (χ4n) is 1.31. The zero-order chi connectivity index (χ0) is 15.3. The number of carbonyl (C=O) groups is 1. The van der Waals surface area contributed by atoms with E-state index < -0.39 is 18.6 Å². The van der Waals surface area contributed by atoms with Crippen molar-refractivity contribution in [3.05, 3.63) is 24.3 Å². The summed E-state index contributed by atoms with van der Waals surface area (Å²) >= 11 is 5.44. The van der Waals surface area contributed by atoms with Gasteiger partial charge in [0.15, 0.2) is 0 Å². The van der Waals surface area contributed by atoms with Crippen molar-refractivity contribution in [2.45, 2.75) is 12.5 Å². The third-order valence-electron chi connectivity index (χ3n) is 2.18. The summed E-state index contributed by atoms with van der Waals surface area (Å²) in [6, 6.07) is 4.47. The zero-order valence-electron chi connectivity index (χ0n) is 9.90. The molecule has 0 fully saturated rings. The van der Waals surface area contributed by atoms with Gasteiger partial charge >= 0.3 is 18.6 Å². The molecule has 9 heteroatoms. The maximum atomic E-state index is 12.6. The van der Waals surface area contributed by atoms with E-state index in [1.54, 1.807) is 0 Å². The SMILES string of the molecule is O=C(O)N(CCCl)c1ccc(OC(F)C(F)(F)F)cc1. The summed E-state index contributed by atoms with van der Waals surface area (Å²) in [4.78, 5) is 11.8. The molecule has 1 atom stereocenters. The van der Waals surface area contributed by atoms with Crippen LogP contribution in [0, 0.1) is 0 Å². The number of alkyl halides is 5. The first-order valence-corrected chi connectivity index (χ1v) is 5.83. The number of nitrogens with zero attached hydrogens (tertiary/aromatic N) is 1. The average molecular weight is 316 g/mol. The maximum absolute atomic E-state index is 12.6. The highest BCUT2D eigenvalue weighted by Gasteiger charge is 2.42. The number of amides is 1. The monoisotopic (exact) mass is 315 g/mol. The Morgan fingerprint density at radius 3 is 2.30 bits per heavy atom. The highest BCUT2D eigenvalue weighted by molar-refractivity contribution is 6.18. The van der Waals surface area contributed by atoms with E-state index in [0.717, 1.165) is 17.0 Å². The highest BCUT2D eigenvalue weighted by Crippen LogP contribution is 2.27. The number of benzene rings is 1. The number of rotatable bonds is 5. The van der Waals surface area contributed by atoms with Gasteiger partial charge in [-0.25, -0.2) is 4.79 Å². The standard InChI is InChI=1S/C11H10ClF4NO3/c12-5-6-17(10(18)19)7-1-3-8(4-2-7)20-9(13)11(14,15)16/h1-4,9H,5-6H2,(H,18,19). The van der Waals surface area contributed by atoms with Gasteiger partial charge in [0.25, 0.3) is 0 Å². The van der Waals surface area contributed by atoms with Crippen LogP contribution in [0.15, 0.2) is 24.3 Å². The minimum atomic E-state index is -5.12. The molecular weight excluding hydrogens is 306 g/mol. The molecule has 1 N–H and O–H groups in total. The molecule has 0 heterocycles. The molecule has 1 rings (SSSR count). The van der Waals surface area contributed by atoms with Crippen molar-refractivity contribution in [2.75, 3.05) is 17.3 Å². The van der Waals surface area contributed by atoms with E-state index in [4.69, 9.17) is 16.7 Å². The second kappa shape index (κ2) is 6.65. The van der Waals surface area contributed by atoms with Crippen LogP contribution in [0.1, 0.15) is 0 Å². The molecule has 0 saturated carbocycles. The van der Waals surface area contributed by atoms with Crippen molar-refractivity contribution < 1.29 is 32.2 Å². The lowest BCUT2D eigenvalue weighted by atomic mass is 10.3. The van der Waals surface area contributed by atoms with E-state index >= 15 is 0 Å². The van der Waals surface area contributed by atoms with Gasteiger partial charge in [0.05, 0.1) is 0 Å². The first kappa shape index (κ1) is 16.4. The summed E-state index contributed by atoms with van der Waals surface area (Å²) in [5.74, 6) is -0.319. The molecule has 0 aromatic heterocycles. The van der Waals surface area contributed by atoms with Crippen molar-refractivity contribution in [2.24, 2.45) is 0 Å². The minimum absolute atomic E-state index is 0.00534. The van der Waals surface area contributed by atoms with Crippen LogP contribution in [0.4, 0.5) is 28.0 Å². The van der Waals surface area contributed by atoms with Gasteiger partial charge in [0.2, 0.25) is 0 Å². The molecule has 0 radical (unpaired) electrons. The Labute approximate surface area is 116 Å². The third kappa shape index (κ3) is 4.44. The first-order chi connectivity index (χ1) is 9.25. The molecular formula is C11H10ClF4NO3. The van der Waals surface area contributed by atoms with Gasteiger partial charge < -0.3 is 9.84 Å². The summed E-state index contributed by atoms with van der Waals surface area (Å²) in [6.07, 6.45) is -9.82. The van der Waals surface area contributed by atoms with Gasteiger partial charge in [-0.2, -0.15) is 17.6 Å². The smallest absolute Gasteiger partial charge is 0.457 e. The summed E-state index contributed by atoms with van der Waals surface area (Å²) in [7, 11) is 0. The second-order valence-electron chi connectivity index (χ2n) is 3.59. The molecule has 112 valence electrons. The molecule has 4 nitrogen and oxygen atoms in total. The quantitative estimate of drug-likeness (QED) is 0.666. The maximum Gasteiger partial charge on any atom is 0.457 e. The van der Waals surface area contributed by atoms with Crippen LogP contribution < -0.4 is 9.64 Å². The predicted octanol–water partition coefficient (Wildman–Crippen LogP) is 3.65. The van der Waals surface area contributed by atoms with Crippen LogP contribution in [0.2, 0.25) is 0 Å². The van der Waals surface area contributed by atoms with E-state index in [9.17, 15) is 22.4 Å². The Kier molecular flexibility index (Phi) is 5.43. The molecule has 0 spiro atoms. The van der Waals surface area contributed by atoms with E-state index in [1.807, 2.05) is 0 Å². The lowest BCUT2D eigenvalue weighted by Crippen LogP contribution is -2.31. The fraction of sp³-hybridized carbons (Fsp3) is 0.364. The Balaban J connectivity index is 2.80. The third-order valence-corrected chi connectivity index (χ3v) is 2.35. The van der Waals surface area contributed by atoms with E-state index in [0.29, 0.717) is 0 Å². The van der Waals surface area contributed by atoms with E-state index in [2.05, 4.69) is 4.74 Å². The van der Waals surface area contributed by atoms with Crippen molar-refractivity contribution in [1.29, 1.82) is 0 Å². The van der Waals surface area contributed by atoms with Crippen molar-refractivity contribution >= 4 is 23.4 Å². The number of carboxylic acid groups (broad SMARTS) is 1. The second-order valence-corrected chi connectivity index (χ2v) is 3.97. The first-order valence-electron chi connectivity index (χ1n) is 5.29. The number of halogens is 5. The highest BCUT2D eigenvalue weighted by atomic mass is 35.5. The molecule has 1 unspecified atom stereocenters. The molecule has 0 bridgehead atoms. The van der Waals surface area contributed by atoms with Crippen LogP contribution in [0.5, 0.6) is 5.75 Å². The van der Waals surface area contributed by atoms with Crippen molar-refractivity contribution in [3.63, 3.8) is 0 Å². The number of ether oxygens (including phenoxy) is 1. The number of hydrogen-bond donors (Lipinski definition) is 1. The van der Waals surface area contributed by atoms with Gasteiger partial charge in [0, 0.05) is 18.1 Å². The molecule has 0 aliphatic rings. The van der Waals surface area contributed by atoms with Gasteiger partial charge in [-0.05, 0) is 24.3 Å². The van der Waals surface area contributed by atoms with Crippen LogP contribution >= 0.6 is 11.6 Å². The van der Waals surface area contributed by atoms with Crippen molar-refractivity contribution in [3.8, 4) is 5.75 Å². The largest absolute Gasteiger partial charge is 0.465 e. The number of anilines is 1. The average Bonchev–Trinajstić information content (AvgIpc) is 2.35. The lowest BCUT2D eigenvalue weighted by Gasteiger charge is -2.19. The Morgan fingerprint density at radius 1 is 1.35 bits per heavy atom. The Bertz CT molecular complexity index is 452. The Morgan fingerprint density at radius 2 is 1.90 bits per heavy atom. The molecule has 0 aliphatic heterocycles. The van der Waals surface area contributed by atoms with E-state index in [1.165, 1.54) is 12.1 Å². The van der Waals surface area contributed by atoms with Crippen LogP contribution in [-0.2, 0) is 0 Å². The molecule has 1 aromatic rings. The van der Waals surface area contributed by atoms with E-state index in [-0.39, 0.29) is 23.9 Å². The summed E-state index contributed by atoms with van der Waals surface area (Å²) in [6.45, 7) is 0.00534. The molecule has 1 aromatic carbocycles. The van der Waals surface area contributed by atoms with Gasteiger partial charge in [-0.1, -0.05) is 0 Å².